The molecule has 0 bridgehead atoms. The average Bonchev–Trinajstić information content (AvgIpc) is 2.51. The number of hydrogen-bond acceptors (Lipinski definition) is 2. The van der Waals surface area contributed by atoms with Gasteiger partial charge in [0.15, 0.2) is 0 Å². The highest BCUT2D eigenvalue weighted by molar-refractivity contribution is 6.32. The van der Waals surface area contributed by atoms with Gasteiger partial charge in [-0.2, -0.15) is 0 Å². The Morgan fingerprint density at radius 3 is 2.69 bits per heavy atom. The van der Waals surface area contributed by atoms with Gasteiger partial charge in [-0.05, 0) is 24.4 Å². The van der Waals surface area contributed by atoms with Crippen LogP contribution in [0.2, 0.25) is 10.3 Å². The van der Waals surface area contributed by atoms with Gasteiger partial charge in [-0.1, -0.05) is 43.1 Å². The van der Waals surface area contributed by atoms with Gasteiger partial charge in [0.05, 0.1) is 0 Å². The number of halogens is 2. The standard InChI is InChI=1S/C12H16Cl2N2/c1-12(2)5-6-16(8-12)7-9-3-4-10(13)15-11(9)14/h3-4H,5-8H2,1-2H3. The maximum Gasteiger partial charge on any atom is 0.135 e. The lowest BCUT2D eigenvalue weighted by Gasteiger charge is -2.19. The number of hydrogen-bond donors (Lipinski definition) is 0. The molecule has 0 spiro atoms. The summed E-state index contributed by atoms with van der Waals surface area (Å²) >= 11 is 11.8. The lowest BCUT2D eigenvalue weighted by atomic mass is 9.93. The van der Waals surface area contributed by atoms with E-state index in [0.29, 0.717) is 15.7 Å². The molecule has 0 unspecified atom stereocenters. The van der Waals surface area contributed by atoms with E-state index < -0.39 is 0 Å². The summed E-state index contributed by atoms with van der Waals surface area (Å²) in [6.45, 7) is 7.72. The Morgan fingerprint density at radius 1 is 1.38 bits per heavy atom. The zero-order valence-corrected chi connectivity index (χ0v) is 11.1. The van der Waals surface area contributed by atoms with E-state index in [1.54, 1.807) is 6.07 Å². The van der Waals surface area contributed by atoms with Crippen molar-refractivity contribution in [3.05, 3.63) is 28.0 Å². The van der Waals surface area contributed by atoms with Crippen molar-refractivity contribution in [2.75, 3.05) is 13.1 Å². The number of aromatic nitrogens is 1. The van der Waals surface area contributed by atoms with Crippen LogP contribution in [-0.2, 0) is 6.54 Å². The summed E-state index contributed by atoms with van der Waals surface area (Å²) < 4.78 is 0. The second-order valence-electron chi connectivity index (χ2n) is 5.21. The van der Waals surface area contributed by atoms with E-state index in [2.05, 4.69) is 23.7 Å². The Hall–Kier alpha value is -0.310. The van der Waals surface area contributed by atoms with Crippen LogP contribution in [0.1, 0.15) is 25.8 Å². The highest BCUT2D eigenvalue weighted by Crippen LogP contribution is 2.30. The van der Waals surface area contributed by atoms with Crippen LogP contribution < -0.4 is 0 Å². The largest absolute Gasteiger partial charge is 0.298 e. The van der Waals surface area contributed by atoms with Crippen LogP contribution in [0.3, 0.4) is 0 Å². The smallest absolute Gasteiger partial charge is 0.135 e. The summed E-state index contributed by atoms with van der Waals surface area (Å²) in [5.74, 6) is 0. The fourth-order valence-electron chi connectivity index (χ4n) is 2.16. The molecule has 2 rings (SSSR count). The molecule has 0 amide bonds. The Balaban J connectivity index is 2.05. The van der Waals surface area contributed by atoms with Gasteiger partial charge >= 0.3 is 0 Å². The van der Waals surface area contributed by atoms with Crippen LogP contribution in [0.5, 0.6) is 0 Å². The minimum Gasteiger partial charge on any atom is -0.298 e. The molecule has 1 aromatic heterocycles. The number of rotatable bonds is 2. The first-order valence-corrected chi connectivity index (χ1v) is 6.25. The molecule has 1 aliphatic heterocycles. The van der Waals surface area contributed by atoms with Crippen molar-refractivity contribution in [3.8, 4) is 0 Å². The zero-order chi connectivity index (χ0) is 11.8. The average molecular weight is 259 g/mol. The minimum absolute atomic E-state index is 0.423. The highest BCUT2D eigenvalue weighted by Gasteiger charge is 2.29. The monoisotopic (exact) mass is 258 g/mol. The summed E-state index contributed by atoms with van der Waals surface area (Å²) in [6.07, 6.45) is 1.24. The molecule has 0 atom stereocenters. The Morgan fingerprint density at radius 2 is 2.12 bits per heavy atom. The normalized spacial score (nSPS) is 20.2. The molecule has 0 aromatic carbocycles. The van der Waals surface area contributed by atoms with Crippen molar-refractivity contribution < 1.29 is 0 Å². The molecule has 88 valence electrons. The predicted octanol–water partition coefficient (Wildman–Crippen LogP) is 3.62. The van der Waals surface area contributed by atoms with Crippen molar-refractivity contribution in [1.29, 1.82) is 0 Å². The van der Waals surface area contributed by atoms with Crippen LogP contribution in [0, 0.1) is 5.41 Å². The Kier molecular flexibility index (Phi) is 3.43. The zero-order valence-electron chi connectivity index (χ0n) is 9.63. The number of pyridine rings is 1. The van der Waals surface area contributed by atoms with Gasteiger partial charge in [0, 0.05) is 18.7 Å². The first kappa shape index (κ1) is 12.2. The molecule has 0 N–H and O–H groups in total. The molecule has 0 radical (unpaired) electrons. The second-order valence-corrected chi connectivity index (χ2v) is 5.95. The fraction of sp³-hybridized carbons (Fsp3) is 0.583. The van der Waals surface area contributed by atoms with Gasteiger partial charge < -0.3 is 0 Å². The molecule has 0 saturated carbocycles. The van der Waals surface area contributed by atoms with E-state index in [1.807, 2.05) is 6.07 Å². The molecule has 1 aliphatic rings. The molecule has 1 fully saturated rings. The highest BCUT2D eigenvalue weighted by atomic mass is 35.5. The Bertz CT molecular complexity index is 391. The molecule has 1 aromatic rings. The van der Waals surface area contributed by atoms with Gasteiger partial charge in [0.2, 0.25) is 0 Å². The molecular formula is C12H16Cl2N2. The molecular weight excluding hydrogens is 243 g/mol. The van der Waals surface area contributed by atoms with E-state index >= 15 is 0 Å². The third kappa shape index (κ3) is 2.88. The van der Waals surface area contributed by atoms with E-state index in [0.717, 1.165) is 25.2 Å². The van der Waals surface area contributed by atoms with Crippen LogP contribution in [0.25, 0.3) is 0 Å². The topological polar surface area (TPSA) is 16.1 Å². The third-order valence-electron chi connectivity index (χ3n) is 3.04. The summed E-state index contributed by atoms with van der Waals surface area (Å²) in [7, 11) is 0. The summed E-state index contributed by atoms with van der Waals surface area (Å²) in [4.78, 5) is 6.47. The van der Waals surface area contributed by atoms with Crippen LogP contribution in [0.15, 0.2) is 12.1 Å². The summed E-state index contributed by atoms with van der Waals surface area (Å²) in [5.41, 5.74) is 1.48. The summed E-state index contributed by atoms with van der Waals surface area (Å²) in [6, 6.07) is 3.76. The van der Waals surface area contributed by atoms with Crippen molar-refractivity contribution in [2.45, 2.75) is 26.8 Å². The number of nitrogens with zero attached hydrogens (tertiary/aromatic N) is 2. The van der Waals surface area contributed by atoms with E-state index in [9.17, 15) is 0 Å². The quantitative estimate of drug-likeness (QED) is 0.754. The second kappa shape index (κ2) is 4.52. The van der Waals surface area contributed by atoms with Gasteiger partial charge in [0.1, 0.15) is 10.3 Å². The molecule has 0 aliphatic carbocycles. The predicted molar refractivity (Wildman–Crippen MR) is 67.9 cm³/mol. The lowest BCUT2D eigenvalue weighted by Crippen LogP contribution is -2.23. The SMILES string of the molecule is CC1(C)CCN(Cc2ccc(Cl)nc2Cl)C1. The van der Waals surface area contributed by atoms with Gasteiger partial charge in [-0.25, -0.2) is 4.98 Å². The van der Waals surface area contributed by atoms with Gasteiger partial charge in [0.25, 0.3) is 0 Å². The van der Waals surface area contributed by atoms with E-state index in [1.165, 1.54) is 6.42 Å². The van der Waals surface area contributed by atoms with Crippen LogP contribution in [0.4, 0.5) is 0 Å². The molecule has 16 heavy (non-hydrogen) atoms. The lowest BCUT2D eigenvalue weighted by molar-refractivity contribution is 0.284. The van der Waals surface area contributed by atoms with Crippen LogP contribution >= 0.6 is 23.2 Å². The maximum absolute atomic E-state index is 6.06. The van der Waals surface area contributed by atoms with Gasteiger partial charge in [-0.15, -0.1) is 0 Å². The third-order valence-corrected chi connectivity index (χ3v) is 3.58. The Labute approximate surface area is 107 Å². The fourth-order valence-corrected chi connectivity index (χ4v) is 2.56. The maximum atomic E-state index is 6.06. The molecule has 2 nitrogen and oxygen atoms in total. The molecule has 4 heteroatoms. The van der Waals surface area contributed by atoms with Crippen molar-refractivity contribution >= 4 is 23.2 Å². The molecule has 2 heterocycles. The molecule has 1 saturated heterocycles. The van der Waals surface area contributed by atoms with Crippen molar-refractivity contribution in [2.24, 2.45) is 5.41 Å². The van der Waals surface area contributed by atoms with Crippen molar-refractivity contribution in [3.63, 3.8) is 0 Å². The first-order valence-electron chi connectivity index (χ1n) is 5.50. The van der Waals surface area contributed by atoms with Crippen LogP contribution in [-0.4, -0.2) is 23.0 Å². The van der Waals surface area contributed by atoms with E-state index in [-0.39, 0.29) is 0 Å². The van der Waals surface area contributed by atoms with Gasteiger partial charge in [-0.3, -0.25) is 4.90 Å². The van der Waals surface area contributed by atoms with E-state index in [4.69, 9.17) is 23.2 Å². The minimum atomic E-state index is 0.423. The summed E-state index contributed by atoms with van der Waals surface area (Å²) in [5, 5.41) is 0.979. The van der Waals surface area contributed by atoms with Crippen molar-refractivity contribution in [1.82, 2.24) is 9.88 Å². The first-order chi connectivity index (χ1) is 7.46. The number of likely N-dealkylation sites (tertiary alicyclic amines) is 1.